The van der Waals surface area contributed by atoms with Gasteiger partial charge in [-0.2, -0.15) is 21.4 Å². The zero-order chi connectivity index (χ0) is 35.1. The van der Waals surface area contributed by atoms with Crippen molar-refractivity contribution >= 4 is 18.9 Å². The van der Waals surface area contributed by atoms with Gasteiger partial charge in [0.1, 0.15) is 12.3 Å². The van der Waals surface area contributed by atoms with Crippen molar-refractivity contribution in [2.75, 3.05) is 33.2 Å². The normalized spacial score (nSPS) is 28.1. The molecule has 49 heavy (non-hydrogen) atoms. The number of rotatable bonds is 9. The van der Waals surface area contributed by atoms with Gasteiger partial charge in [-0.1, -0.05) is 105 Å². The lowest BCUT2D eigenvalue weighted by atomic mass is 9.72. The Bertz CT molecular complexity index is 1400. The molecule has 268 valence electrons. The number of aldehydes is 1. The summed E-state index contributed by atoms with van der Waals surface area (Å²) in [5.41, 5.74) is 2.63. The first-order chi connectivity index (χ1) is 23.6. The van der Waals surface area contributed by atoms with Crippen LogP contribution >= 0.6 is 12.6 Å². The summed E-state index contributed by atoms with van der Waals surface area (Å²) in [6.07, 6.45) is 17.7. The van der Waals surface area contributed by atoms with E-state index < -0.39 is 17.6 Å². The van der Waals surface area contributed by atoms with E-state index in [1.165, 1.54) is 44.6 Å². The molecule has 8 heteroatoms. The molecule has 7 rings (SSSR count). The summed E-state index contributed by atoms with van der Waals surface area (Å²) in [6.45, 7) is 9.85. The van der Waals surface area contributed by atoms with Gasteiger partial charge in [-0.3, -0.25) is 5.32 Å². The first-order valence-electron chi connectivity index (χ1n) is 18.5. The van der Waals surface area contributed by atoms with E-state index in [4.69, 9.17) is 4.74 Å². The fraction of sp³-hybridized carbons (Fsp3) is 0.585. The van der Waals surface area contributed by atoms with Gasteiger partial charge in [0.05, 0.1) is 11.7 Å². The van der Waals surface area contributed by atoms with Crippen molar-refractivity contribution in [3.63, 3.8) is 0 Å². The summed E-state index contributed by atoms with van der Waals surface area (Å²) in [5.74, 6) is -2.72. The van der Waals surface area contributed by atoms with Gasteiger partial charge in [-0.25, -0.2) is 0 Å². The van der Waals surface area contributed by atoms with E-state index in [1.807, 2.05) is 45.0 Å². The summed E-state index contributed by atoms with van der Waals surface area (Å²) in [4.78, 5) is 14.4. The number of likely N-dealkylation sites (N-methyl/N-ethyl adjacent to an activating group) is 1. The van der Waals surface area contributed by atoms with E-state index in [0.717, 1.165) is 48.8 Å². The van der Waals surface area contributed by atoms with Crippen LogP contribution in [0.2, 0.25) is 0 Å². The second-order valence-electron chi connectivity index (χ2n) is 14.7. The van der Waals surface area contributed by atoms with Crippen molar-refractivity contribution in [3.05, 3.63) is 84.0 Å². The SMILES string of the molecule is CC.CN1CCNC2(CC2)C1.Cc1ccc(-c2ccc(C(F)(F)[C@@H](C=O)NC[C@]3(OC4CCCC4)C=CC4CC(S)C=CC4C3)cc2)cc1. The number of nitrogens with zero attached hydrogens (tertiary/aromatic N) is 1. The molecule has 0 radical (unpaired) electrons. The Morgan fingerprint density at radius 2 is 1.67 bits per heavy atom. The Labute approximate surface area is 298 Å². The van der Waals surface area contributed by atoms with Crippen molar-refractivity contribution in [2.45, 2.75) is 107 Å². The van der Waals surface area contributed by atoms with E-state index in [2.05, 4.69) is 59.5 Å². The lowest BCUT2D eigenvalue weighted by Gasteiger charge is -2.43. The molecule has 5 nitrogen and oxygen atoms in total. The number of nitrogens with one attached hydrogen (secondary N) is 2. The number of aryl methyl sites for hydroxylation is 1. The largest absolute Gasteiger partial charge is 0.366 e. The minimum atomic E-state index is -3.37. The molecule has 2 N–H and O–H groups in total. The van der Waals surface area contributed by atoms with Crippen molar-refractivity contribution in [1.29, 1.82) is 0 Å². The van der Waals surface area contributed by atoms with Crippen LogP contribution in [-0.4, -0.2) is 72.9 Å². The summed E-state index contributed by atoms with van der Waals surface area (Å²) in [6, 6.07) is 12.5. The van der Waals surface area contributed by atoms with Crippen LogP contribution < -0.4 is 10.6 Å². The van der Waals surface area contributed by atoms with Gasteiger partial charge in [0.15, 0.2) is 0 Å². The van der Waals surface area contributed by atoms with E-state index in [0.29, 0.717) is 24.2 Å². The van der Waals surface area contributed by atoms with Crippen molar-refractivity contribution in [3.8, 4) is 11.1 Å². The van der Waals surface area contributed by atoms with Gasteiger partial charge < -0.3 is 19.7 Å². The van der Waals surface area contributed by atoms with Crippen LogP contribution in [0.4, 0.5) is 8.78 Å². The maximum absolute atomic E-state index is 15.6. The molecule has 1 saturated heterocycles. The number of hydrogen-bond acceptors (Lipinski definition) is 6. The molecular weight excluding hydrogens is 637 g/mol. The highest BCUT2D eigenvalue weighted by molar-refractivity contribution is 7.81. The van der Waals surface area contributed by atoms with Crippen LogP contribution in [0.3, 0.4) is 0 Å². The third-order valence-corrected chi connectivity index (χ3v) is 11.2. The van der Waals surface area contributed by atoms with Crippen LogP contribution in [-0.2, 0) is 15.5 Å². The fourth-order valence-corrected chi connectivity index (χ4v) is 8.10. The van der Waals surface area contributed by atoms with Gasteiger partial charge in [-0.05, 0) is 75.5 Å². The summed E-state index contributed by atoms with van der Waals surface area (Å²) >= 11 is 4.61. The molecule has 2 aromatic rings. The number of hydrogen-bond donors (Lipinski definition) is 3. The molecule has 5 aliphatic rings. The zero-order valence-corrected chi connectivity index (χ0v) is 30.7. The molecule has 3 fully saturated rings. The number of benzene rings is 2. The maximum atomic E-state index is 15.6. The average Bonchev–Trinajstić information content (AvgIpc) is 3.63. The minimum Gasteiger partial charge on any atom is -0.366 e. The number of ether oxygens (including phenoxy) is 1. The highest BCUT2D eigenvalue weighted by Crippen LogP contribution is 2.42. The molecule has 2 aromatic carbocycles. The number of piperazine rings is 1. The smallest absolute Gasteiger partial charge is 0.294 e. The Balaban J connectivity index is 0.000000361. The van der Waals surface area contributed by atoms with Crippen LogP contribution in [0.15, 0.2) is 72.8 Å². The topological polar surface area (TPSA) is 53.6 Å². The Kier molecular flexibility index (Phi) is 13.0. The maximum Gasteiger partial charge on any atom is 0.294 e. The highest BCUT2D eigenvalue weighted by Gasteiger charge is 2.46. The Hall–Kier alpha value is -2.36. The lowest BCUT2D eigenvalue weighted by molar-refractivity contribution is -0.123. The number of halogens is 2. The zero-order valence-electron chi connectivity index (χ0n) is 29.8. The molecule has 0 bridgehead atoms. The van der Waals surface area contributed by atoms with Gasteiger partial charge in [0, 0.05) is 42.5 Å². The van der Waals surface area contributed by atoms with Crippen LogP contribution in [0.5, 0.6) is 0 Å². The van der Waals surface area contributed by atoms with E-state index in [-0.39, 0.29) is 29.4 Å². The first kappa shape index (κ1) is 37.9. The standard InChI is InChI=1S/C32H37F2NO2S.C7H14N2.C2H6/c1-22-6-8-23(9-7-22)24-10-13-27(14-11-24)32(33,34)30(20-36)35-21-31(37-28-4-2-3-5-28)17-16-25-18-29(38)15-12-26(25)19-31;1-9-5-4-8-7(6-9)2-3-7;1-2/h6-17,20,25-26,28-30,35,38H,2-5,18-19,21H2,1H3;8H,2-6H2,1H3;1-2H3/t25?,26?,29?,30-,31+;;/m1../s1. The molecule has 2 saturated carbocycles. The fourth-order valence-electron chi connectivity index (χ4n) is 7.76. The van der Waals surface area contributed by atoms with Crippen molar-refractivity contribution in [1.82, 2.24) is 15.5 Å². The molecule has 1 heterocycles. The van der Waals surface area contributed by atoms with E-state index in [9.17, 15) is 4.79 Å². The second-order valence-corrected chi connectivity index (χ2v) is 15.3. The molecule has 0 aromatic heterocycles. The highest BCUT2D eigenvalue weighted by atomic mass is 32.1. The molecule has 4 aliphatic carbocycles. The number of carbonyl (C=O) groups is 1. The predicted molar refractivity (Wildman–Crippen MR) is 201 cm³/mol. The predicted octanol–water partition coefficient (Wildman–Crippen LogP) is 8.14. The molecule has 1 aliphatic heterocycles. The van der Waals surface area contributed by atoms with Crippen molar-refractivity contribution < 1.29 is 18.3 Å². The molecular formula is C41H57F2N3O2S. The molecule has 3 unspecified atom stereocenters. The molecule has 5 atom stereocenters. The van der Waals surface area contributed by atoms with E-state index in [1.54, 1.807) is 12.1 Å². The number of alkyl halides is 2. The minimum absolute atomic E-state index is 0.118. The number of allylic oxidation sites excluding steroid dienone is 2. The van der Waals surface area contributed by atoms with Crippen molar-refractivity contribution in [2.24, 2.45) is 11.8 Å². The van der Waals surface area contributed by atoms with Crippen LogP contribution in [0.1, 0.15) is 76.3 Å². The first-order valence-corrected chi connectivity index (χ1v) is 19.0. The lowest BCUT2D eigenvalue weighted by Crippen LogP contribution is -2.54. The molecule has 1 spiro atoms. The third kappa shape index (κ3) is 9.70. The van der Waals surface area contributed by atoms with Crippen LogP contribution in [0, 0.1) is 18.8 Å². The summed E-state index contributed by atoms with van der Waals surface area (Å²) in [7, 11) is 2.21. The Morgan fingerprint density at radius 1 is 1.02 bits per heavy atom. The van der Waals surface area contributed by atoms with Crippen LogP contribution in [0.25, 0.3) is 11.1 Å². The monoisotopic (exact) mass is 693 g/mol. The van der Waals surface area contributed by atoms with Gasteiger partial charge in [0.2, 0.25) is 0 Å². The number of thiol groups is 1. The van der Waals surface area contributed by atoms with Gasteiger partial charge in [0.25, 0.3) is 5.92 Å². The third-order valence-electron chi connectivity index (χ3n) is 10.8. The van der Waals surface area contributed by atoms with E-state index >= 15 is 8.78 Å². The summed E-state index contributed by atoms with van der Waals surface area (Å²) in [5, 5.41) is 6.71. The number of fused-ring (bicyclic) bond motifs is 1. The summed E-state index contributed by atoms with van der Waals surface area (Å²) < 4.78 is 37.9. The molecule has 0 amide bonds. The van der Waals surface area contributed by atoms with Gasteiger partial charge in [-0.15, -0.1) is 0 Å². The number of carbonyl (C=O) groups excluding carboxylic acids is 1. The Morgan fingerprint density at radius 3 is 2.27 bits per heavy atom. The quantitative estimate of drug-likeness (QED) is 0.141. The average molecular weight is 694 g/mol. The van der Waals surface area contributed by atoms with Gasteiger partial charge >= 0.3 is 0 Å². The second kappa shape index (κ2) is 16.8.